The molecule has 0 aliphatic heterocycles. The first-order valence-corrected chi connectivity index (χ1v) is 12.9. The Morgan fingerprint density at radius 2 is 1.95 bits per heavy atom. The Balaban J connectivity index is 2.29. The SMILES string of the molecule is CC(C)(C)[Si](C)(C)O[C@H]1CCC2=C(Br)[C@H](S(=O)O)CC[C@@]21C. The van der Waals surface area contributed by atoms with Gasteiger partial charge in [-0.15, -0.1) is 0 Å². The van der Waals surface area contributed by atoms with Gasteiger partial charge >= 0.3 is 0 Å². The summed E-state index contributed by atoms with van der Waals surface area (Å²) in [5.74, 6) is 0. The van der Waals surface area contributed by atoms with Gasteiger partial charge in [0.05, 0.1) is 11.4 Å². The summed E-state index contributed by atoms with van der Waals surface area (Å²) in [6.07, 6.45) is 3.93. The average Bonchev–Trinajstić information content (AvgIpc) is 2.65. The minimum Gasteiger partial charge on any atom is -0.413 e. The van der Waals surface area contributed by atoms with E-state index < -0.39 is 19.4 Å². The molecule has 0 heterocycles. The van der Waals surface area contributed by atoms with Gasteiger partial charge in [0.1, 0.15) is 0 Å². The Morgan fingerprint density at radius 1 is 1.36 bits per heavy atom. The molecule has 0 bridgehead atoms. The molecular formula is C16H29BrO3SSi. The first-order chi connectivity index (χ1) is 9.90. The van der Waals surface area contributed by atoms with Crippen molar-refractivity contribution in [2.75, 3.05) is 0 Å². The molecule has 0 spiro atoms. The van der Waals surface area contributed by atoms with E-state index in [1.807, 2.05) is 0 Å². The molecule has 2 aliphatic rings. The summed E-state index contributed by atoms with van der Waals surface area (Å²) in [5.41, 5.74) is 1.33. The normalized spacial score (nSPS) is 34.7. The van der Waals surface area contributed by atoms with Crippen LogP contribution in [-0.2, 0) is 15.5 Å². The highest BCUT2D eigenvalue weighted by Gasteiger charge is 2.51. The van der Waals surface area contributed by atoms with E-state index in [0.717, 1.165) is 30.2 Å². The van der Waals surface area contributed by atoms with Crippen LogP contribution in [0.15, 0.2) is 10.1 Å². The van der Waals surface area contributed by atoms with E-state index in [4.69, 9.17) is 4.43 Å². The lowest BCUT2D eigenvalue weighted by atomic mass is 9.74. The van der Waals surface area contributed by atoms with Crippen molar-refractivity contribution in [3.63, 3.8) is 0 Å². The second-order valence-electron chi connectivity index (χ2n) is 8.45. The quantitative estimate of drug-likeness (QED) is 0.514. The molecule has 0 aromatic carbocycles. The van der Waals surface area contributed by atoms with Gasteiger partial charge < -0.3 is 8.98 Å². The summed E-state index contributed by atoms with van der Waals surface area (Å²) >= 11 is 1.84. The van der Waals surface area contributed by atoms with Crippen molar-refractivity contribution in [1.82, 2.24) is 0 Å². The van der Waals surface area contributed by atoms with E-state index in [-0.39, 0.29) is 21.8 Å². The van der Waals surface area contributed by atoms with Crippen LogP contribution in [0.4, 0.5) is 0 Å². The Morgan fingerprint density at radius 3 is 2.45 bits per heavy atom. The molecule has 2 rings (SSSR count). The number of halogens is 1. The highest BCUT2D eigenvalue weighted by molar-refractivity contribution is 9.11. The van der Waals surface area contributed by atoms with E-state index in [9.17, 15) is 8.76 Å². The summed E-state index contributed by atoms with van der Waals surface area (Å²) in [6, 6.07) is 0. The molecule has 0 radical (unpaired) electrons. The monoisotopic (exact) mass is 408 g/mol. The van der Waals surface area contributed by atoms with Gasteiger partial charge in [-0.1, -0.05) is 49.2 Å². The van der Waals surface area contributed by atoms with Crippen LogP contribution in [0.5, 0.6) is 0 Å². The van der Waals surface area contributed by atoms with Crippen molar-refractivity contribution in [3.05, 3.63) is 10.1 Å². The fourth-order valence-corrected chi connectivity index (χ4v) is 6.88. The second-order valence-corrected chi connectivity index (χ2v) is 15.2. The van der Waals surface area contributed by atoms with Gasteiger partial charge in [0, 0.05) is 9.90 Å². The van der Waals surface area contributed by atoms with E-state index in [2.05, 4.69) is 56.7 Å². The molecule has 2 aliphatic carbocycles. The van der Waals surface area contributed by atoms with Crippen molar-refractivity contribution in [2.24, 2.45) is 5.41 Å². The van der Waals surface area contributed by atoms with Crippen molar-refractivity contribution in [3.8, 4) is 0 Å². The summed E-state index contributed by atoms with van der Waals surface area (Å²) in [4.78, 5) is 0. The van der Waals surface area contributed by atoms with E-state index >= 15 is 0 Å². The topological polar surface area (TPSA) is 46.5 Å². The molecular weight excluding hydrogens is 380 g/mol. The molecule has 4 atom stereocenters. The van der Waals surface area contributed by atoms with Crippen molar-refractivity contribution in [1.29, 1.82) is 0 Å². The van der Waals surface area contributed by atoms with Crippen LogP contribution in [-0.4, -0.2) is 28.4 Å². The average molecular weight is 409 g/mol. The predicted molar refractivity (Wildman–Crippen MR) is 99.2 cm³/mol. The third-order valence-electron chi connectivity index (χ3n) is 6.04. The van der Waals surface area contributed by atoms with Crippen molar-refractivity contribution in [2.45, 2.75) is 82.9 Å². The molecule has 1 saturated carbocycles. The Kier molecular flexibility index (Phi) is 5.22. The largest absolute Gasteiger partial charge is 0.413 e. The molecule has 22 heavy (non-hydrogen) atoms. The number of hydrogen-bond acceptors (Lipinski definition) is 2. The maximum absolute atomic E-state index is 11.5. The van der Waals surface area contributed by atoms with Crippen LogP contribution in [0, 0.1) is 5.41 Å². The molecule has 0 aromatic rings. The summed E-state index contributed by atoms with van der Waals surface area (Å²) in [7, 11) is -1.80. The summed E-state index contributed by atoms with van der Waals surface area (Å²) in [6.45, 7) is 13.7. The molecule has 1 unspecified atom stereocenters. The van der Waals surface area contributed by atoms with E-state index in [0.29, 0.717) is 0 Å². The smallest absolute Gasteiger partial charge is 0.192 e. The standard InChI is InChI=1S/C16H29BrO3SSi/c1-15(2,3)22(5,6)20-13-8-7-11-14(17)12(21(18)19)9-10-16(11,13)4/h12-13H,7-10H2,1-6H3,(H,18,19)/t12-,13+,16+/m1/s1. The Hall–Kier alpha value is 0.507. The third kappa shape index (κ3) is 3.18. The highest BCUT2D eigenvalue weighted by Crippen LogP contribution is 2.56. The van der Waals surface area contributed by atoms with Crippen LogP contribution in [0.2, 0.25) is 18.1 Å². The maximum atomic E-state index is 11.5. The zero-order valence-corrected chi connectivity index (χ0v) is 17.9. The lowest BCUT2D eigenvalue weighted by Crippen LogP contribution is -2.48. The van der Waals surface area contributed by atoms with Gasteiger partial charge in [0.15, 0.2) is 19.4 Å². The molecule has 0 aromatic heterocycles. The fraction of sp³-hybridized carbons (Fsp3) is 0.875. The lowest BCUT2D eigenvalue weighted by Gasteiger charge is -2.45. The predicted octanol–water partition coefficient (Wildman–Crippen LogP) is 5.21. The molecule has 6 heteroatoms. The summed E-state index contributed by atoms with van der Waals surface area (Å²) in [5, 5.41) is -0.0497. The number of hydrogen-bond donors (Lipinski definition) is 1. The molecule has 1 fully saturated rings. The van der Waals surface area contributed by atoms with Gasteiger partial charge in [-0.2, -0.15) is 0 Å². The second kappa shape index (κ2) is 6.10. The van der Waals surface area contributed by atoms with E-state index in [1.54, 1.807) is 0 Å². The summed E-state index contributed by atoms with van der Waals surface area (Å²) < 4.78 is 28.7. The number of fused-ring (bicyclic) bond motifs is 1. The van der Waals surface area contributed by atoms with Crippen molar-refractivity contribution < 1.29 is 13.2 Å². The molecule has 3 nitrogen and oxygen atoms in total. The zero-order chi connectivity index (χ0) is 16.9. The molecule has 0 saturated heterocycles. The van der Waals surface area contributed by atoms with Gasteiger partial charge in [-0.25, -0.2) is 4.21 Å². The minimum atomic E-state index is -1.80. The minimum absolute atomic E-state index is 0.0181. The lowest BCUT2D eigenvalue weighted by molar-refractivity contribution is 0.0830. The fourth-order valence-electron chi connectivity index (χ4n) is 3.44. The third-order valence-corrected chi connectivity index (χ3v) is 12.8. The maximum Gasteiger partial charge on any atom is 0.192 e. The highest BCUT2D eigenvalue weighted by atomic mass is 79.9. The van der Waals surface area contributed by atoms with Gasteiger partial charge in [0.2, 0.25) is 0 Å². The molecule has 1 N–H and O–H groups in total. The van der Waals surface area contributed by atoms with E-state index in [1.165, 1.54) is 5.57 Å². The van der Waals surface area contributed by atoms with Gasteiger partial charge in [0.25, 0.3) is 0 Å². The molecule has 128 valence electrons. The Bertz CT molecular complexity index is 512. The van der Waals surface area contributed by atoms with Crippen LogP contribution >= 0.6 is 15.9 Å². The zero-order valence-electron chi connectivity index (χ0n) is 14.5. The van der Waals surface area contributed by atoms with Crippen LogP contribution < -0.4 is 0 Å². The number of rotatable bonds is 3. The van der Waals surface area contributed by atoms with Gasteiger partial charge in [-0.3, -0.25) is 0 Å². The van der Waals surface area contributed by atoms with Gasteiger partial charge in [-0.05, 0) is 43.8 Å². The van der Waals surface area contributed by atoms with Crippen LogP contribution in [0.25, 0.3) is 0 Å². The molecule has 0 amide bonds. The first-order valence-electron chi connectivity index (χ1n) is 8.06. The van der Waals surface area contributed by atoms with Crippen LogP contribution in [0.3, 0.4) is 0 Å². The van der Waals surface area contributed by atoms with Crippen LogP contribution in [0.1, 0.15) is 53.4 Å². The van der Waals surface area contributed by atoms with Crippen molar-refractivity contribution >= 4 is 35.3 Å². The Labute approximate surface area is 146 Å². The first kappa shape index (κ1) is 18.8.